The number of nitrogens with zero attached hydrogens (tertiary/aromatic N) is 3. The molecule has 19 heavy (non-hydrogen) atoms. The maximum atomic E-state index is 9.05. The average Bonchev–Trinajstić information content (AvgIpc) is 2.38. The second-order valence-corrected chi connectivity index (χ2v) is 6.16. The summed E-state index contributed by atoms with van der Waals surface area (Å²) < 4.78 is 0. The van der Waals surface area contributed by atoms with Crippen molar-refractivity contribution in [2.75, 3.05) is 29.9 Å². The number of hydrogen-bond donors (Lipinski definition) is 2. The molecule has 2 N–H and O–H groups in total. The molecule has 0 saturated carbocycles. The van der Waals surface area contributed by atoms with Crippen molar-refractivity contribution in [3.05, 3.63) is 12.3 Å². The molecule has 0 spiro atoms. The molecule has 1 saturated heterocycles. The largest absolute Gasteiger partial charge is 0.394 e. The summed E-state index contributed by atoms with van der Waals surface area (Å²) in [6, 6.07) is 1.92. The van der Waals surface area contributed by atoms with Crippen LogP contribution in [0.5, 0.6) is 0 Å². The van der Waals surface area contributed by atoms with Gasteiger partial charge in [0, 0.05) is 25.3 Å². The lowest BCUT2D eigenvalue weighted by Gasteiger charge is -2.38. The third kappa shape index (κ3) is 3.80. The Balaban J connectivity index is 2.10. The van der Waals surface area contributed by atoms with Crippen molar-refractivity contribution < 1.29 is 5.11 Å². The van der Waals surface area contributed by atoms with E-state index in [4.69, 9.17) is 5.11 Å². The number of rotatable bonds is 4. The Morgan fingerprint density at radius 1 is 1.53 bits per heavy atom. The van der Waals surface area contributed by atoms with E-state index in [9.17, 15) is 0 Å². The van der Waals surface area contributed by atoms with E-state index < -0.39 is 0 Å². The van der Waals surface area contributed by atoms with Crippen molar-refractivity contribution >= 4 is 11.8 Å². The molecule has 2 rings (SSSR count). The van der Waals surface area contributed by atoms with Crippen LogP contribution in [0.1, 0.15) is 33.6 Å². The number of anilines is 2. The molecule has 1 unspecified atom stereocenters. The molecule has 0 aliphatic carbocycles. The minimum Gasteiger partial charge on any atom is -0.394 e. The average molecular weight is 264 g/mol. The summed E-state index contributed by atoms with van der Waals surface area (Å²) in [5, 5.41) is 12.1. The normalized spacial score (nSPS) is 20.1. The third-order valence-electron chi connectivity index (χ3n) is 3.51. The van der Waals surface area contributed by atoms with Crippen molar-refractivity contribution in [3.63, 3.8) is 0 Å². The van der Waals surface area contributed by atoms with Gasteiger partial charge in [0.15, 0.2) is 0 Å². The second-order valence-electron chi connectivity index (χ2n) is 6.16. The monoisotopic (exact) mass is 264 g/mol. The van der Waals surface area contributed by atoms with Gasteiger partial charge < -0.3 is 15.3 Å². The summed E-state index contributed by atoms with van der Waals surface area (Å²) in [5.74, 6) is 1.55. The molecule has 5 heteroatoms. The van der Waals surface area contributed by atoms with Gasteiger partial charge in [0.2, 0.25) is 5.95 Å². The summed E-state index contributed by atoms with van der Waals surface area (Å²) in [6.45, 7) is 8.65. The van der Waals surface area contributed by atoms with Crippen molar-refractivity contribution in [3.8, 4) is 0 Å². The van der Waals surface area contributed by atoms with Crippen molar-refractivity contribution in [1.82, 2.24) is 9.97 Å². The molecule has 0 amide bonds. The van der Waals surface area contributed by atoms with Gasteiger partial charge in [-0.25, -0.2) is 4.98 Å². The number of nitrogens with one attached hydrogen (secondary N) is 1. The zero-order valence-electron chi connectivity index (χ0n) is 12.1. The van der Waals surface area contributed by atoms with Gasteiger partial charge in [-0.3, -0.25) is 0 Å². The molecule has 0 aromatic carbocycles. The van der Waals surface area contributed by atoms with E-state index in [0.717, 1.165) is 18.9 Å². The van der Waals surface area contributed by atoms with Gasteiger partial charge in [-0.15, -0.1) is 0 Å². The number of aliphatic hydroxyl groups is 1. The molecule has 1 fully saturated rings. The fourth-order valence-corrected chi connectivity index (χ4v) is 2.48. The summed E-state index contributed by atoms with van der Waals surface area (Å²) >= 11 is 0. The van der Waals surface area contributed by atoms with Gasteiger partial charge in [0.25, 0.3) is 0 Å². The highest BCUT2D eigenvalue weighted by atomic mass is 16.3. The number of aromatic nitrogens is 2. The summed E-state index contributed by atoms with van der Waals surface area (Å²) in [4.78, 5) is 11.1. The Morgan fingerprint density at radius 3 is 3.00 bits per heavy atom. The van der Waals surface area contributed by atoms with Crippen LogP contribution in [0.15, 0.2) is 12.3 Å². The van der Waals surface area contributed by atoms with Crippen LogP contribution in [-0.2, 0) is 0 Å². The van der Waals surface area contributed by atoms with Gasteiger partial charge in [-0.2, -0.15) is 4.98 Å². The lowest BCUT2D eigenvalue weighted by Crippen LogP contribution is -2.40. The van der Waals surface area contributed by atoms with Crippen LogP contribution in [0.4, 0.5) is 11.8 Å². The first-order chi connectivity index (χ1) is 9.00. The number of hydrogen-bond acceptors (Lipinski definition) is 5. The lowest BCUT2D eigenvalue weighted by atomic mass is 9.84. The highest BCUT2D eigenvalue weighted by Crippen LogP contribution is 2.30. The summed E-state index contributed by atoms with van der Waals surface area (Å²) in [5.41, 5.74) is 0.342. The molecule has 1 aromatic rings. The van der Waals surface area contributed by atoms with Crippen LogP contribution >= 0.6 is 0 Å². The highest BCUT2D eigenvalue weighted by Gasteiger charge is 2.27. The van der Waals surface area contributed by atoms with Gasteiger partial charge in [-0.1, -0.05) is 13.8 Å². The standard InChI is InChI=1S/C14H24N4O/c1-11(9-19)16-13-15-7-5-12(17-13)18-8-4-6-14(2,3)10-18/h5,7,11,19H,4,6,8-10H2,1-3H3,(H,15,16,17). The van der Waals surface area contributed by atoms with Crippen LogP contribution in [0, 0.1) is 5.41 Å². The summed E-state index contributed by atoms with van der Waals surface area (Å²) in [6.07, 6.45) is 4.24. The van der Waals surface area contributed by atoms with Gasteiger partial charge in [-0.05, 0) is 31.2 Å². The van der Waals surface area contributed by atoms with E-state index in [1.54, 1.807) is 6.20 Å². The lowest BCUT2D eigenvalue weighted by molar-refractivity contribution is 0.281. The Bertz CT molecular complexity index is 422. The predicted octanol–water partition coefficient (Wildman–Crippen LogP) is 1.90. The Hall–Kier alpha value is -1.36. The molecule has 0 bridgehead atoms. The van der Waals surface area contributed by atoms with Crippen molar-refractivity contribution in [2.24, 2.45) is 5.41 Å². The van der Waals surface area contributed by atoms with E-state index in [-0.39, 0.29) is 12.6 Å². The predicted molar refractivity (Wildman–Crippen MR) is 77.4 cm³/mol. The van der Waals surface area contributed by atoms with E-state index in [2.05, 4.69) is 34.0 Å². The van der Waals surface area contributed by atoms with Crippen LogP contribution in [0.2, 0.25) is 0 Å². The molecule has 1 aromatic heterocycles. The minimum absolute atomic E-state index is 0.0342. The topological polar surface area (TPSA) is 61.3 Å². The Morgan fingerprint density at radius 2 is 2.32 bits per heavy atom. The zero-order valence-corrected chi connectivity index (χ0v) is 12.1. The molecule has 1 aliphatic heterocycles. The summed E-state index contributed by atoms with van der Waals surface area (Å²) in [7, 11) is 0. The zero-order chi connectivity index (χ0) is 13.9. The van der Waals surface area contributed by atoms with Crippen LogP contribution in [0.3, 0.4) is 0 Å². The number of aliphatic hydroxyl groups excluding tert-OH is 1. The molecule has 1 atom stereocenters. The highest BCUT2D eigenvalue weighted by molar-refractivity contribution is 5.43. The smallest absolute Gasteiger partial charge is 0.224 e. The number of piperidine rings is 1. The van der Waals surface area contributed by atoms with Crippen LogP contribution in [-0.4, -0.2) is 40.8 Å². The molecule has 1 aliphatic rings. The first kappa shape index (κ1) is 14.1. The minimum atomic E-state index is -0.0342. The first-order valence-corrected chi connectivity index (χ1v) is 6.95. The van der Waals surface area contributed by atoms with Gasteiger partial charge in [0.1, 0.15) is 5.82 Å². The van der Waals surface area contributed by atoms with Gasteiger partial charge >= 0.3 is 0 Å². The Labute approximate surface area is 115 Å². The van der Waals surface area contributed by atoms with Crippen molar-refractivity contribution in [1.29, 1.82) is 0 Å². The first-order valence-electron chi connectivity index (χ1n) is 6.95. The van der Waals surface area contributed by atoms with E-state index in [0.29, 0.717) is 11.4 Å². The van der Waals surface area contributed by atoms with E-state index in [1.807, 2.05) is 13.0 Å². The second kappa shape index (κ2) is 5.74. The molecular weight excluding hydrogens is 240 g/mol. The third-order valence-corrected chi connectivity index (χ3v) is 3.51. The maximum Gasteiger partial charge on any atom is 0.224 e. The molecular formula is C14H24N4O. The molecule has 5 nitrogen and oxygen atoms in total. The van der Waals surface area contributed by atoms with Crippen LogP contribution < -0.4 is 10.2 Å². The fourth-order valence-electron chi connectivity index (χ4n) is 2.48. The van der Waals surface area contributed by atoms with Gasteiger partial charge in [0.05, 0.1) is 6.61 Å². The molecule has 106 valence electrons. The Kier molecular flexibility index (Phi) is 4.24. The SMILES string of the molecule is CC(CO)Nc1nccc(N2CCCC(C)(C)C2)n1. The maximum absolute atomic E-state index is 9.05. The molecule has 0 radical (unpaired) electrons. The van der Waals surface area contributed by atoms with Crippen LogP contribution in [0.25, 0.3) is 0 Å². The quantitative estimate of drug-likeness (QED) is 0.869. The van der Waals surface area contributed by atoms with E-state index >= 15 is 0 Å². The van der Waals surface area contributed by atoms with E-state index in [1.165, 1.54) is 12.8 Å². The fraction of sp³-hybridized carbons (Fsp3) is 0.714. The molecule has 2 heterocycles. The van der Waals surface area contributed by atoms with Crippen molar-refractivity contribution in [2.45, 2.75) is 39.7 Å².